The Balaban J connectivity index is 0.673. The molecule has 4 amide bonds. The normalized spacial score (nSPS) is 22.3. The third-order valence-corrected chi connectivity index (χ3v) is 33.9. The van der Waals surface area contributed by atoms with Crippen molar-refractivity contribution < 1.29 is 88.7 Å². The largest absolute Gasteiger partial charge is 0.459 e. The molecule has 6 N–H and O–H groups in total. The predicted octanol–water partition coefficient (Wildman–Crippen LogP) is 6.35. The summed E-state index contributed by atoms with van der Waals surface area (Å²) >= 11 is 0. The molecule has 5 aliphatic rings. The first-order valence-electron chi connectivity index (χ1n) is 45.2. The second-order valence-electron chi connectivity index (χ2n) is 34.5. The summed E-state index contributed by atoms with van der Waals surface area (Å²) in [6.45, 7) is -3.61. The molecule has 5 aromatic carbocycles. The number of aromatic nitrogens is 12. The number of rotatable bonds is 36. The number of hydrogen-bond acceptors (Lipinski definition) is 31. The van der Waals surface area contributed by atoms with Gasteiger partial charge in [0.15, 0.2) is 41.9 Å². The number of nitrogens with one attached hydrogen (secondary N) is 6. The third kappa shape index (κ3) is 24.0. The second-order valence-corrected chi connectivity index (χ2v) is 44.9. The van der Waals surface area contributed by atoms with Crippen molar-refractivity contribution in [2.45, 2.75) is 68.6 Å². The maximum atomic E-state index is 16.6. The van der Waals surface area contributed by atoms with E-state index in [1.807, 2.05) is 0 Å². The van der Waals surface area contributed by atoms with E-state index in [1.54, 1.807) is 156 Å². The first-order chi connectivity index (χ1) is 68.6. The molecule has 6 aromatic heterocycles. The number of carbonyl (C=O) groups is 5. The predicted molar refractivity (Wildman–Crippen MR) is 519 cm³/mol. The van der Waals surface area contributed by atoms with Crippen LogP contribution in [0.3, 0.4) is 0 Å². The van der Waals surface area contributed by atoms with E-state index in [0.29, 0.717) is 16.8 Å². The van der Waals surface area contributed by atoms with Gasteiger partial charge in [0.2, 0.25) is 0 Å². The molecule has 5 aliphatic heterocycles. The van der Waals surface area contributed by atoms with Crippen LogP contribution in [0.4, 0.5) is 23.3 Å². The molecule has 53 heteroatoms. The number of ether oxygens (including phenoxy) is 6. The van der Waals surface area contributed by atoms with Crippen molar-refractivity contribution >= 4 is 94.7 Å². The summed E-state index contributed by atoms with van der Waals surface area (Å²) in [7, 11) is -6.20. The van der Waals surface area contributed by atoms with Gasteiger partial charge in [-0.25, -0.2) is 76.3 Å². The number of morpholine rings is 5. The van der Waals surface area contributed by atoms with Crippen LogP contribution in [-0.4, -0.2) is 310 Å². The van der Waals surface area contributed by atoms with Gasteiger partial charge in [-0.15, -0.1) is 0 Å². The molecule has 756 valence electrons. The lowest BCUT2D eigenvalue weighted by atomic mass is 10.2. The molecule has 16 rings (SSSR count). The second kappa shape index (κ2) is 45.2. The maximum absolute atomic E-state index is 16.6. The highest BCUT2D eigenvalue weighted by Crippen LogP contribution is 2.60. The minimum absolute atomic E-state index is 0.0659. The molecule has 14 atom stereocenters. The van der Waals surface area contributed by atoms with E-state index in [2.05, 4.69) is 61.5 Å². The molecule has 0 bridgehead atoms. The average Bonchev–Trinajstić information content (AvgIpc) is 1.44. The van der Waals surface area contributed by atoms with Crippen LogP contribution in [0, 0.1) is 6.92 Å². The first kappa shape index (κ1) is 103. The van der Waals surface area contributed by atoms with Gasteiger partial charge in [0.05, 0.1) is 88.9 Å². The van der Waals surface area contributed by atoms with Gasteiger partial charge in [0, 0.05) is 91.9 Å². The molecule has 5 fully saturated rings. The lowest BCUT2D eigenvalue weighted by Gasteiger charge is -2.46. The average molecular weight is 2050 g/mol. The van der Waals surface area contributed by atoms with Gasteiger partial charge in [-0.05, 0) is 142 Å². The van der Waals surface area contributed by atoms with Gasteiger partial charge < -0.3 is 73.1 Å². The molecule has 0 saturated carbocycles. The quantitative estimate of drug-likeness (QED) is 0.0184. The minimum atomic E-state index is -4.62. The maximum Gasteiger partial charge on any atom is 0.351 e. The van der Waals surface area contributed by atoms with Crippen LogP contribution in [0.5, 0.6) is 0 Å². The van der Waals surface area contributed by atoms with Crippen LogP contribution in [0.25, 0.3) is 11.2 Å². The van der Waals surface area contributed by atoms with Crippen molar-refractivity contribution in [3.63, 3.8) is 0 Å². The zero-order valence-electron chi connectivity index (χ0n) is 79.1. The van der Waals surface area contributed by atoms with E-state index in [0.717, 1.165) is 18.3 Å². The van der Waals surface area contributed by atoms with E-state index in [1.165, 1.54) is 156 Å². The molecule has 0 unspecified atom stereocenters. The standard InChI is InChI=1S/C90H107N25O24P4/c1-59-43-114(90(125)102-81(59)116)77-51-110(143(129,106(8)9)133-55-67-45-108(49-75(137-67)112-39-36-71(99-88(112)123)96-83(118)61-27-17-11-18-28-61)140(126,103(2)3)131-53-65-41-91-42-73(135-65)115-58-94-78-79(92-57-93-80(78)115)101-85(120)63-31-21-13-22-32-63)47-69(139-77)56-134-142(128,105(6)7)109-46-68(138-76(50-109)113-40-37-72(100-89(113)124)97-84(119)62-29-19-12-20-30-62)54-132-141(127,104(4)5)107-44-66(52-130-86(121)64-33-23-14-24-34-64)136-74(48-107)111-38-35-70(98-87(111)122)95-82(117)60-25-15-10-16-26-60/h10-40,43,57-58,65-69,73-77,91H,41-42,44-56H2,1-9H3,(H,102,116,125)(H,92,93,101,120)(H,95,98,117,122)(H,96,99,118,123)(H,97,100,119,124)/t65-,66-,67-,68-,69-,73+,74+,75+,76+,77+,140-,141-,142-,143-/m0/s1. The molecule has 49 nitrogen and oxygen atoms in total. The van der Waals surface area contributed by atoms with Gasteiger partial charge in [-0.2, -0.15) is 15.0 Å². The number of aromatic amines is 1. The van der Waals surface area contributed by atoms with E-state index in [4.69, 9.17) is 46.5 Å². The fraction of sp³-hybridized carbons (Fsp3) is 0.378. The molecular weight excluding hydrogens is 1940 g/mol. The summed E-state index contributed by atoms with van der Waals surface area (Å²) in [6, 6.07) is 45.4. The number of aryl methyl sites for hydroxylation is 1. The Morgan fingerprint density at radius 3 is 1.07 bits per heavy atom. The highest BCUT2D eigenvalue weighted by Gasteiger charge is 2.51. The monoisotopic (exact) mass is 2050 g/mol. The van der Waals surface area contributed by atoms with Crippen LogP contribution in [-0.2, 0) is 64.8 Å². The Kier molecular flexibility index (Phi) is 32.7. The lowest BCUT2D eigenvalue weighted by Crippen LogP contribution is -2.52. The zero-order chi connectivity index (χ0) is 101. The highest BCUT2D eigenvalue weighted by atomic mass is 31.2. The summed E-state index contributed by atoms with van der Waals surface area (Å²) in [5, 5.41) is 14.0. The molecule has 5 saturated heterocycles. The molecule has 11 heterocycles. The molecule has 0 radical (unpaired) electrons. The zero-order valence-corrected chi connectivity index (χ0v) is 82.7. The van der Waals surface area contributed by atoms with Gasteiger partial charge in [0.1, 0.15) is 42.7 Å². The number of imidazole rings is 1. The number of amides is 4. The summed E-state index contributed by atoms with van der Waals surface area (Å²) < 4.78 is 148. The minimum Gasteiger partial charge on any atom is -0.459 e. The number of esters is 1. The number of H-pyrrole nitrogens is 1. The number of fused-ring (bicyclic) bond motifs is 1. The van der Waals surface area contributed by atoms with Crippen molar-refractivity contribution in [3.8, 4) is 0 Å². The molecule has 143 heavy (non-hydrogen) atoms. The Bertz CT molecular complexity index is 6960. The number of hydrogen-bond donors (Lipinski definition) is 6. The van der Waals surface area contributed by atoms with Crippen LogP contribution in [0.15, 0.2) is 231 Å². The number of nitrogens with zero attached hydrogens (tertiary/aromatic N) is 19. The fourth-order valence-electron chi connectivity index (χ4n) is 16.5. The van der Waals surface area contributed by atoms with E-state index in [-0.39, 0.29) is 96.9 Å². The Hall–Kier alpha value is -12.5. The van der Waals surface area contributed by atoms with Crippen LogP contribution < -0.4 is 54.9 Å². The van der Waals surface area contributed by atoms with Gasteiger partial charge in [-0.3, -0.25) is 70.1 Å². The van der Waals surface area contributed by atoms with Crippen molar-refractivity contribution in [1.29, 1.82) is 0 Å². The summed E-state index contributed by atoms with van der Waals surface area (Å²) in [4.78, 5) is 166. The van der Waals surface area contributed by atoms with Gasteiger partial charge in [-0.1, -0.05) is 91.0 Å². The smallest absolute Gasteiger partial charge is 0.351 e. The summed E-state index contributed by atoms with van der Waals surface area (Å²) in [5.74, 6) is -3.04. The van der Waals surface area contributed by atoms with Gasteiger partial charge >= 0.3 is 59.4 Å². The van der Waals surface area contributed by atoms with E-state index in [9.17, 15) is 47.9 Å². The topological polar surface area (TPSA) is 535 Å². The van der Waals surface area contributed by atoms with E-state index < -0.39 is 203 Å². The number of benzene rings is 5. The molecule has 0 aliphatic carbocycles. The van der Waals surface area contributed by atoms with Crippen molar-refractivity contribution in [3.05, 3.63) is 293 Å². The van der Waals surface area contributed by atoms with E-state index >= 15 is 18.3 Å². The van der Waals surface area contributed by atoms with Crippen LogP contribution in [0.2, 0.25) is 0 Å². The lowest BCUT2D eigenvalue weighted by molar-refractivity contribution is -0.133. The third-order valence-electron chi connectivity index (χ3n) is 23.8. The summed E-state index contributed by atoms with van der Waals surface area (Å²) in [5.41, 5.74) is -2.34. The molecular formula is C90H107N25O24P4. The summed E-state index contributed by atoms with van der Waals surface area (Å²) in [6.07, 6.45) is -4.31. The van der Waals surface area contributed by atoms with Crippen molar-refractivity contribution in [2.24, 2.45) is 0 Å². The SMILES string of the molecule is Cc1cn([C@H]2CN([P@@](=O)(OC[C@@H]3CN([P@@](=O)(OC[C@@H]4CNC[C@H](n5cnc6c(NC(=O)c7ccccc7)ncnc65)O4)N(C)C)C[C@H](n4ccc(NC(=O)c5ccccc5)nc4=O)O3)N(C)C)C[C@@H](CO[P@@](=O)(N(C)C)N3C[C@@H](CO[P@@](=O)(N(C)C)N4C[C@@H](COC(=O)c5ccccc5)O[C@@H](n5ccc(NC(=O)c6ccccc6)nc5=O)C4)O[C@@H](n4ccc(NC(=O)c5ccccc5)nc4=O)C3)O2)c(=O)[nH]c1=O. The number of anilines is 4. The van der Waals surface area contributed by atoms with Crippen LogP contribution >= 0.6 is 30.7 Å². The molecule has 11 aromatic rings. The highest BCUT2D eigenvalue weighted by molar-refractivity contribution is 7.54. The Morgan fingerprint density at radius 1 is 0.385 bits per heavy atom. The Labute approximate surface area is 817 Å². The van der Waals surface area contributed by atoms with Crippen molar-refractivity contribution in [2.75, 3.05) is 176 Å². The molecule has 0 spiro atoms. The fourth-order valence-corrected chi connectivity index (χ4v) is 24.4. The number of carbonyl (C=O) groups excluding carboxylic acids is 5. The van der Waals surface area contributed by atoms with Crippen molar-refractivity contribution in [1.82, 2.24) is 100 Å². The van der Waals surface area contributed by atoms with Crippen LogP contribution in [0.1, 0.15) is 88.5 Å². The first-order valence-corrected chi connectivity index (χ1v) is 51.4. The Morgan fingerprint density at radius 2 is 0.713 bits per heavy atom. The van der Waals surface area contributed by atoms with Gasteiger partial charge in [0.25, 0.3) is 29.2 Å².